The predicted octanol–water partition coefficient (Wildman–Crippen LogP) is 5.93. The van der Waals surface area contributed by atoms with Gasteiger partial charge in [-0.15, -0.1) is 11.3 Å². The van der Waals surface area contributed by atoms with Crippen molar-refractivity contribution in [3.63, 3.8) is 0 Å². The van der Waals surface area contributed by atoms with Gasteiger partial charge in [0.2, 0.25) is 0 Å². The second-order valence-electron chi connectivity index (χ2n) is 5.92. The van der Waals surface area contributed by atoms with Crippen LogP contribution in [0.5, 0.6) is 0 Å². The molecule has 2 aromatic heterocycles. The third kappa shape index (κ3) is 3.01. The van der Waals surface area contributed by atoms with E-state index in [1.807, 2.05) is 0 Å². The molecule has 0 saturated heterocycles. The summed E-state index contributed by atoms with van der Waals surface area (Å²) in [6.45, 7) is 0. The van der Waals surface area contributed by atoms with Crippen molar-refractivity contribution in [2.45, 2.75) is 19.3 Å². The van der Waals surface area contributed by atoms with Crippen LogP contribution in [-0.2, 0) is 12.8 Å². The van der Waals surface area contributed by atoms with Crippen LogP contribution in [0.25, 0.3) is 11.3 Å². The van der Waals surface area contributed by atoms with Crippen molar-refractivity contribution in [1.29, 1.82) is 5.26 Å². The van der Waals surface area contributed by atoms with Crippen LogP contribution in [-0.4, -0.2) is 5.91 Å². The monoisotopic (exact) mass is 402 g/mol. The van der Waals surface area contributed by atoms with E-state index >= 15 is 0 Å². The molecule has 7 heteroatoms. The number of carbonyl (C=O) groups excluding carboxylic acids is 1. The van der Waals surface area contributed by atoms with E-state index in [1.165, 1.54) is 16.2 Å². The van der Waals surface area contributed by atoms with E-state index in [9.17, 15) is 10.1 Å². The Morgan fingerprint density at radius 1 is 1.19 bits per heavy atom. The minimum Gasteiger partial charge on any atom is -0.451 e. The van der Waals surface area contributed by atoms with Gasteiger partial charge in [0, 0.05) is 10.4 Å². The number of hydrogen-bond donors (Lipinski definition) is 1. The SMILES string of the molecule is N#Cc1c(NC(=O)c2ccc(-c3ccc(Cl)c(Cl)c3)o2)sc2c1CCC2. The minimum atomic E-state index is -0.382. The van der Waals surface area contributed by atoms with Gasteiger partial charge in [-0.3, -0.25) is 4.79 Å². The predicted molar refractivity (Wildman–Crippen MR) is 103 cm³/mol. The minimum absolute atomic E-state index is 0.170. The van der Waals surface area contributed by atoms with Crippen molar-refractivity contribution in [2.75, 3.05) is 5.32 Å². The van der Waals surface area contributed by atoms with Gasteiger partial charge in [0.05, 0.1) is 15.6 Å². The van der Waals surface area contributed by atoms with Gasteiger partial charge in [0.15, 0.2) is 5.76 Å². The molecular weight excluding hydrogens is 391 g/mol. The lowest BCUT2D eigenvalue weighted by Gasteiger charge is -2.02. The number of hydrogen-bond acceptors (Lipinski definition) is 4. The molecule has 1 amide bonds. The fourth-order valence-electron chi connectivity index (χ4n) is 3.04. The molecule has 0 aliphatic heterocycles. The van der Waals surface area contributed by atoms with Crippen molar-refractivity contribution < 1.29 is 9.21 Å². The van der Waals surface area contributed by atoms with E-state index in [1.54, 1.807) is 30.3 Å². The molecule has 2 heterocycles. The molecule has 4 nitrogen and oxygen atoms in total. The molecule has 4 rings (SSSR count). The highest BCUT2D eigenvalue weighted by molar-refractivity contribution is 7.16. The molecule has 0 radical (unpaired) electrons. The molecule has 0 saturated carbocycles. The summed E-state index contributed by atoms with van der Waals surface area (Å²) in [6.07, 6.45) is 2.93. The molecule has 1 aliphatic rings. The molecule has 3 aromatic rings. The Kier molecular flexibility index (Phi) is 4.49. The van der Waals surface area contributed by atoms with Crippen LogP contribution in [0.4, 0.5) is 5.00 Å². The van der Waals surface area contributed by atoms with Gasteiger partial charge in [-0.1, -0.05) is 23.2 Å². The van der Waals surface area contributed by atoms with Crippen molar-refractivity contribution >= 4 is 45.4 Å². The summed E-state index contributed by atoms with van der Waals surface area (Å²) in [6, 6.07) is 10.6. The molecule has 1 aromatic carbocycles. The van der Waals surface area contributed by atoms with Crippen LogP contribution >= 0.6 is 34.5 Å². The molecule has 130 valence electrons. The average Bonchev–Trinajstić information content (AvgIpc) is 3.32. The van der Waals surface area contributed by atoms with Gasteiger partial charge >= 0.3 is 0 Å². The van der Waals surface area contributed by atoms with Crippen LogP contribution in [0.3, 0.4) is 0 Å². The van der Waals surface area contributed by atoms with Gasteiger partial charge in [-0.05, 0) is 55.2 Å². The van der Waals surface area contributed by atoms with Crippen molar-refractivity contribution in [1.82, 2.24) is 0 Å². The molecule has 1 aliphatic carbocycles. The third-order valence-electron chi connectivity index (χ3n) is 4.29. The number of aryl methyl sites for hydroxylation is 1. The number of fused-ring (bicyclic) bond motifs is 1. The highest BCUT2D eigenvalue weighted by Crippen LogP contribution is 2.39. The highest BCUT2D eigenvalue weighted by atomic mass is 35.5. The van der Waals surface area contributed by atoms with Crippen molar-refractivity contribution in [3.8, 4) is 17.4 Å². The first-order valence-electron chi connectivity index (χ1n) is 7.98. The summed E-state index contributed by atoms with van der Waals surface area (Å²) in [7, 11) is 0. The number of halogens is 2. The summed E-state index contributed by atoms with van der Waals surface area (Å²) in [5, 5.41) is 13.7. The normalized spacial score (nSPS) is 12.7. The Morgan fingerprint density at radius 2 is 2.04 bits per heavy atom. The van der Waals surface area contributed by atoms with Crippen LogP contribution in [0.1, 0.15) is 33.0 Å². The second kappa shape index (κ2) is 6.81. The lowest BCUT2D eigenvalue weighted by atomic mass is 10.1. The maximum absolute atomic E-state index is 12.5. The van der Waals surface area contributed by atoms with Gasteiger partial charge in [0.25, 0.3) is 5.91 Å². The lowest BCUT2D eigenvalue weighted by molar-refractivity contribution is 0.0998. The average molecular weight is 403 g/mol. The second-order valence-corrected chi connectivity index (χ2v) is 7.84. The summed E-state index contributed by atoms with van der Waals surface area (Å²) < 4.78 is 5.66. The molecule has 0 spiro atoms. The quantitative estimate of drug-likeness (QED) is 0.590. The van der Waals surface area contributed by atoms with Crippen molar-refractivity contribution in [2.24, 2.45) is 0 Å². The largest absolute Gasteiger partial charge is 0.451 e. The number of rotatable bonds is 3. The zero-order valence-electron chi connectivity index (χ0n) is 13.4. The van der Waals surface area contributed by atoms with E-state index in [-0.39, 0.29) is 11.7 Å². The Morgan fingerprint density at radius 3 is 2.81 bits per heavy atom. The van der Waals surface area contributed by atoms with Crippen LogP contribution in [0.15, 0.2) is 34.7 Å². The van der Waals surface area contributed by atoms with E-state index in [2.05, 4.69) is 11.4 Å². The molecule has 0 bridgehead atoms. The van der Waals surface area contributed by atoms with Gasteiger partial charge in [0.1, 0.15) is 16.8 Å². The van der Waals surface area contributed by atoms with Gasteiger partial charge < -0.3 is 9.73 Å². The zero-order valence-corrected chi connectivity index (χ0v) is 15.8. The van der Waals surface area contributed by atoms with Crippen LogP contribution in [0, 0.1) is 11.3 Å². The molecule has 0 atom stereocenters. The first-order chi connectivity index (χ1) is 12.6. The topological polar surface area (TPSA) is 66.0 Å². The van der Waals surface area contributed by atoms with Crippen LogP contribution < -0.4 is 5.32 Å². The number of carbonyl (C=O) groups is 1. The molecule has 1 N–H and O–H groups in total. The van der Waals surface area contributed by atoms with E-state index in [4.69, 9.17) is 27.6 Å². The van der Waals surface area contributed by atoms with Gasteiger partial charge in [-0.2, -0.15) is 5.26 Å². The summed E-state index contributed by atoms with van der Waals surface area (Å²) in [4.78, 5) is 13.7. The summed E-state index contributed by atoms with van der Waals surface area (Å²) >= 11 is 13.4. The van der Waals surface area contributed by atoms with E-state index < -0.39 is 0 Å². The maximum Gasteiger partial charge on any atom is 0.292 e. The Labute approximate surface area is 164 Å². The summed E-state index contributed by atoms with van der Waals surface area (Å²) in [5.41, 5.74) is 2.38. The Bertz CT molecular complexity index is 1060. The third-order valence-corrected chi connectivity index (χ3v) is 6.24. The number of anilines is 1. The fraction of sp³-hybridized carbons (Fsp3) is 0.158. The lowest BCUT2D eigenvalue weighted by Crippen LogP contribution is -2.10. The number of nitrogens with one attached hydrogen (secondary N) is 1. The first-order valence-corrected chi connectivity index (χ1v) is 9.55. The van der Waals surface area contributed by atoms with E-state index in [0.29, 0.717) is 26.4 Å². The molecular formula is C19H12Cl2N2O2S. The first kappa shape index (κ1) is 17.2. The zero-order chi connectivity index (χ0) is 18.3. The Hall–Kier alpha value is -2.26. The Balaban J connectivity index is 1.58. The number of furan rings is 1. The fourth-order valence-corrected chi connectivity index (χ4v) is 4.57. The summed E-state index contributed by atoms with van der Waals surface area (Å²) in [5.74, 6) is 0.305. The number of thiophene rings is 1. The van der Waals surface area contributed by atoms with Gasteiger partial charge in [-0.25, -0.2) is 0 Å². The number of benzene rings is 1. The number of nitrogens with zero attached hydrogens (tertiary/aromatic N) is 1. The smallest absolute Gasteiger partial charge is 0.292 e. The van der Waals surface area contributed by atoms with E-state index in [0.717, 1.165) is 30.4 Å². The van der Waals surface area contributed by atoms with Crippen LogP contribution in [0.2, 0.25) is 10.0 Å². The molecule has 26 heavy (non-hydrogen) atoms. The van der Waals surface area contributed by atoms with Crippen molar-refractivity contribution in [3.05, 3.63) is 62.1 Å². The number of nitriles is 1. The number of amides is 1. The standard InChI is InChI=1S/C19H12Cl2N2O2S/c20-13-5-4-10(8-14(13)21)15-6-7-16(25-15)18(24)23-19-12(9-22)11-2-1-3-17(11)26-19/h4-8H,1-3H2,(H,23,24). The molecule has 0 fully saturated rings. The molecule has 0 unspecified atom stereocenters. The highest BCUT2D eigenvalue weighted by Gasteiger charge is 2.24. The maximum atomic E-state index is 12.5.